The van der Waals surface area contributed by atoms with Crippen LogP contribution in [0.4, 0.5) is 23.4 Å². The van der Waals surface area contributed by atoms with E-state index in [9.17, 15) is 22.9 Å². The maximum atomic E-state index is 15.3. The molecular weight excluding hydrogens is 553 g/mol. The molecule has 3 aromatic rings. The number of carbonyl (C=O) groups excluding carboxylic acids is 2. The van der Waals surface area contributed by atoms with Crippen LogP contribution in [0.25, 0.3) is 0 Å². The Balaban J connectivity index is 1.76. The lowest BCUT2D eigenvalue weighted by atomic mass is 9.87. The molecule has 0 saturated carbocycles. The summed E-state index contributed by atoms with van der Waals surface area (Å²) in [5.41, 5.74) is -0.196. The van der Waals surface area contributed by atoms with Crippen LogP contribution in [-0.4, -0.2) is 55.9 Å². The Hall–Kier alpha value is -3.92. The number of anilines is 1. The minimum Gasteiger partial charge on any atom is -0.497 e. The first kappa shape index (κ1) is 29.1. The zero-order chi connectivity index (χ0) is 29.4. The van der Waals surface area contributed by atoms with Crippen LogP contribution in [0.3, 0.4) is 0 Å². The van der Waals surface area contributed by atoms with Gasteiger partial charge in [0.15, 0.2) is 0 Å². The lowest BCUT2D eigenvalue weighted by Gasteiger charge is -2.25. The number of nitrogens with zero attached hydrogens (tertiary/aromatic N) is 2. The van der Waals surface area contributed by atoms with Crippen molar-refractivity contribution >= 4 is 30.2 Å². The highest BCUT2D eigenvalue weighted by Crippen LogP contribution is 2.41. The molecule has 1 fully saturated rings. The molecule has 0 unspecified atom stereocenters. The summed E-state index contributed by atoms with van der Waals surface area (Å²) >= 11 is 0. The van der Waals surface area contributed by atoms with Gasteiger partial charge in [0.05, 0.1) is 7.11 Å². The fraction of sp³-hybridized carbons (Fsp3) is 0.296. The first-order chi connectivity index (χ1) is 18.8. The van der Waals surface area contributed by atoms with Crippen LogP contribution >= 0.6 is 7.14 Å². The summed E-state index contributed by atoms with van der Waals surface area (Å²) in [5, 5.41) is 2.55. The Kier molecular flexibility index (Phi) is 8.20. The number of amides is 2. The third kappa shape index (κ3) is 5.82. The van der Waals surface area contributed by atoms with Gasteiger partial charge in [-0.05, 0) is 56.7 Å². The van der Waals surface area contributed by atoms with Crippen molar-refractivity contribution in [3.05, 3.63) is 77.4 Å². The van der Waals surface area contributed by atoms with Gasteiger partial charge < -0.3 is 19.4 Å². The van der Waals surface area contributed by atoms with E-state index in [2.05, 4.69) is 15.0 Å². The molecule has 2 amide bonds. The van der Waals surface area contributed by atoms with Crippen LogP contribution in [0.15, 0.2) is 54.6 Å². The number of aromatic nitrogens is 1. The molecule has 1 aromatic heterocycles. The number of pyridine rings is 1. The first-order valence-electron chi connectivity index (χ1n) is 12.1. The summed E-state index contributed by atoms with van der Waals surface area (Å²) in [4.78, 5) is 32.5. The SMILES string of the molecule is COc1cc(F)c([C@H]2[C@H](NC(=O)c3ccc(OC(F)F)cc3)C(=O)N(c3cccc(P(C)(C)=O)n3)[C@H]2C)c(F)c1. The largest absolute Gasteiger partial charge is 0.497 e. The molecule has 40 heavy (non-hydrogen) atoms. The van der Waals surface area contributed by atoms with Crippen molar-refractivity contribution in [2.75, 3.05) is 25.3 Å². The van der Waals surface area contributed by atoms with Gasteiger partial charge >= 0.3 is 6.61 Å². The lowest BCUT2D eigenvalue weighted by molar-refractivity contribution is -0.118. The second-order valence-electron chi connectivity index (χ2n) is 9.54. The van der Waals surface area contributed by atoms with Crippen LogP contribution in [0.5, 0.6) is 11.5 Å². The molecule has 1 aliphatic rings. The number of methoxy groups -OCH3 is 1. The van der Waals surface area contributed by atoms with E-state index in [1.54, 1.807) is 19.1 Å². The average molecular weight is 579 g/mol. The molecule has 4 rings (SSSR count). The summed E-state index contributed by atoms with van der Waals surface area (Å²) in [6.07, 6.45) is 0. The monoisotopic (exact) mass is 579 g/mol. The molecule has 0 spiro atoms. The maximum absolute atomic E-state index is 15.3. The van der Waals surface area contributed by atoms with E-state index in [4.69, 9.17) is 4.74 Å². The predicted molar refractivity (Wildman–Crippen MR) is 140 cm³/mol. The molecule has 2 heterocycles. The molecule has 3 atom stereocenters. The van der Waals surface area contributed by atoms with E-state index >= 15 is 8.78 Å². The third-order valence-corrected chi connectivity index (χ3v) is 7.91. The number of benzene rings is 2. The van der Waals surface area contributed by atoms with Crippen LogP contribution in [0.2, 0.25) is 0 Å². The minimum atomic E-state index is -3.06. The minimum absolute atomic E-state index is 0.00651. The van der Waals surface area contributed by atoms with Gasteiger partial charge in [-0.15, -0.1) is 0 Å². The Morgan fingerprint density at radius 3 is 2.23 bits per heavy atom. The summed E-state index contributed by atoms with van der Waals surface area (Å²) in [6.45, 7) is 1.53. The average Bonchev–Trinajstić information content (AvgIpc) is 3.12. The quantitative estimate of drug-likeness (QED) is 0.311. The van der Waals surface area contributed by atoms with Gasteiger partial charge in [-0.25, -0.2) is 13.8 Å². The molecule has 212 valence electrons. The van der Waals surface area contributed by atoms with Gasteiger partial charge in [-0.1, -0.05) is 6.07 Å². The van der Waals surface area contributed by atoms with Crippen LogP contribution in [-0.2, 0) is 9.36 Å². The molecule has 0 aliphatic carbocycles. The highest BCUT2D eigenvalue weighted by molar-refractivity contribution is 7.69. The van der Waals surface area contributed by atoms with E-state index in [1.165, 1.54) is 43.5 Å². The highest BCUT2D eigenvalue weighted by Gasteiger charge is 2.50. The lowest BCUT2D eigenvalue weighted by Crippen LogP contribution is -2.44. The van der Waals surface area contributed by atoms with E-state index in [0.717, 1.165) is 24.3 Å². The number of hydrogen-bond acceptors (Lipinski definition) is 6. The predicted octanol–water partition coefficient (Wildman–Crippen LogP) is 4.54. The topological polar surface area (TPSA) is 97.8 Å². The summed E-state index contributed by atoms with van der Waals surface area (Å²) in [6, 6.07) is 8.93. The van der Waals surface area contributed by atoms with E-state index < -0.39 is 60.8 Å². The van der Waals surface area contributed by atoms with E-state index in [1.807, 2.05) is 0 Å². The Morgan fingerprint density at radius 2 is 1.68 bits per heavy atom. The maximum Gasteiger partial charge on any atom is 0.387 e. The number of hydrogen-bond donors (Lipinski definition) is 1. The molecule has 0 bridgehead atoms. The molecule has 1 aliphatic heterocycles. The van der Waals surface area contributed by atoms with Crippen molar-refractivity contribution in [3.63, 3.8) is 0 Å². The number of ether oxygens (including phenoxy) is 2. The van der Waals surface area contributed by atoms with Crippen molar-refractivity contribution in [1.29, 1.82) is 0 Å². The normalized spacial score (nSPS) is 19.2. The Bertz CT molecular complexity index is 1460. The van der Waals surface area contributed by atoms with Crippen molar-refractivity contribution in [3.8, 4) is 11.5 Å². The van der Waals surface area contributed by atoms with E-state index in [0.29, 0.717) is 0 Å². The highest BCUT2D eigenvalue weighted by atomic mass is 31.2. The van der Waals surface area contributed by atoms with Gasteiger partial charge in [-0.2, -0.15) is 8.78 Å². The molecule has 8 nitrogen and oxygen atoms in total. The molecular formula is C27H26F4N3O5P. The van der Waals surface area contributed by atoms with Crippen molar-refractivity contribution in [2.24, 2.45) is 0 Å². The van der Waals surface area contributed by atoms with Gasteiger partial charge in [0.1, 0.15) is 47.6 Å². The summed E-state index contributed by atoms with van der Waals surface area (Å²) in [5.74, 6) is -4.83. The second kappa shape index (κ2) is 11.3. The first-order valence-corrected chi connectivity index (χ1v) is 14.7. The standard InChI is InChI=1S/C27H26F4N3O5P/c1-14-22(23-18(28)12-17(38-2)13-19(23)29)24(33-25(35)15-8-10-16(11-9-15)39-27(30)31)26(36)34(14)20-6-5-7-21(32-20)40(3,4)37/h5-14,22,24,27H,1-4H3,(H,33,35)/t14-,22-,24-/m0/s1. The van der Waals surface area contributed by atoms with Crippen LogP contribution in [0.1, 0.15) is 28.8 Å². The molecule has 1 N–H and O–H groups in total. The Labute approximate surface area is 227 Å². The third-order valence-electron chi connectivity index (χ3n) is 6.56. The van der Waals surface area contributed by atoms with Crippen molar-refractivity contribution in [1.82, 2.24) is 10.3 Å². The smallest absolute Gasteiger partial charge is 0.387 e. The number of halogens is 4. The second-order valence-corrected chi connectivity index (χ2v) is 12.7. The molecule has 13 heteroatoms. The Morgan fingerprint density at radius 1 is 1.05 bits per heavy atom. The van der Waals surface area contributed by atoms with E-state index in [-0.39, 0.29) is 28.3 Å². The zero-order valence-corrected chi connectivity index (χ0v) is 22.8. The fourth-order valence-electron chi connectivity index (χ4n) is 4.68. The molecule has 1 saturated heterocycles. The molecule has 2 aromatic carbocycles. The zero-order valence-electron chi connectivity index (χ0n) is 21.9. The van der Waals surface area contributed by atoms with Crippen LogP contribution in [0, 0.1) is 11.6 Å². The van der Waals surface area contributed by atoms with Crippen molar-refractivity contribution in [2.45, 2.75) is 31.5 Å². The number of rotatable bonds is 8. The van der Waals surface area contributed by atoms with Gasteiger partial charge in [0, 0.05) is 35.2 Å². The summed E-state index contributed by atoms with van der Waals surface area (Å²) < 4.78 is 77.4. The number of nitrogens with one attached hydrogen (secondary N) is 1. The fourth-order valence-corrected chi connectivity index (χ4v) is 5.47. The number of carbonyl (C=O) groups is 2. The van der Waals surface area contributed by atoms with Gasteiger partial charge in [0.25, 0.3) is 11.8 Å². The van der Waals surface area contributed by atoms with Gasteiger partial charge in [-0.3, -0.25) is 14.5 Å². The summed E-state index contributed by atoms with van der Waals surface area (Å²) in [7, 11) is -1.58. The van der Waals surface area contributed by atoms with Crippen molar-refractivity contribution < 1.29 is 41.2 Å². The molecule has 0 radical (unpaired) electrons. The van der Waals surface area contributed by atoms with Crippen LogP contribution < -0.4 is 25.1 Å². The number of alkyl halides is 2. The van der Waals surface area contributed by atoms with Gasteiger partial charge in [0.2, 0.25) is 0 Å².